The van der Waals surface area contributed by atoms with E-state index in [2.05, 4.69) is 50.3 Å². The van der Waals surface area contributed by atoms with E-state index in [1.54, 1.807) is 0 Å². The van der Waals surface area contributed by atoms with Crippen molar-refractivity contribution in [2.24, 2.45) is 5.92 Å². The maximum atomic E-state index is 9.83. The summed E-state index contributed by atoms with van der Waals surface area (Å²) in [5.41, 5.74) is 3.31. The van der Waals surface area contributed by atoms with Crippen LogP contribution in [0.3, 0.4) is 0 Å². The van der Waals surface area contributed by atoms with Gasteiger partial charge in [-0.05, 0) is 43.4 Å². The molecule has 96 valence electrons. The highest BCUT2D eigenvalue weighted by Gasteiger charge is 2.23. The molecule has 0 aromatic heterocycles. The second-order valence-electron chi connectivity index (χ2n) is 5.83. The van der Waals surface area contributed by atoms with Gasteiger partial charge in [-0.2, -0.15) is 0 Å². The Kier molecular flexibility index (Phi) is 3.45. The fourth-order valence-electron chi connectivity index (χ4n) is 2.64. The van der Waals surface area contributed by atoms with E-state index in [1.807, 2.05) is 19.9 Å². The number of allylic oxidation sites excluding steroid dienone is 3. The summed E-state index contributed by atoms with van der Waals surface area (Å²) in [5.74, 6) is 0.829. The van der Waals surface area contributed by atoms with Gasteiger partial charge in [-0.1, -0.05) is 49.4 Å². The largest absolute Gasteiger partial charge is 0.386 e. The SMILES string of the molecule is CC1=CC(C)[C@H](/C=C\C(C)(C)O)c2ccccc21. The molecule has 1 aromatic rings. The number of fused-ring (bicyclic) bond motifs is 1. The summed E-state index contributed by atoms with van der Waals surface area (Å²) in [4.78, 5) is 0. The van der Waals surface area contributed by atoms with Gasteiger partial charge in [0.1, 0.15) is 0 Å². The highest BCUT2D eigenvalue weighted by atomic mass is 16.3. The first kappa shape index (κ1) is 13.1. The van der Waals surface area contributed by atoms with Crippen LogP contribution in [0.1, 0.15) is 44.7 Å². The molecule has 18 heavy (non-hydrogen) atoms. The number of hydrogen-bond acceptors (Lipinski definition) is 1. The first-order valence-electron chi connectivity index (χ1n) is 6.58. The lowest BCUT2D eigenvalue weighted by atomic mass is 9.77. The van der Waals surface area contributed by atoms with Gasteiger partial charge in [0.05, 0.1) is 5.60 Å². The van der Waals surface area contributed by atoms with Crippen molar-refractivity contribution in [1.82, 2.24) is 0 Å². The first-order valence-corrected chi connectivity index (χ1v) is 6.58. The minimum absolute atomic E-state index is 0.358. The third-order valence-electron chi connectivity index (χ3n) is 3.54. The summed E-state index contributed by atoms with van der Waals surface area (Å²) < 4.78 is 0. The smallest absolute Gasteiger partial charge is 0.0771 e. The normalized spacial score (nSPS) is 23.9. The third-order valence-corrected chi connectivity index (χ3v) is 3.54. The van der Waals surface area contributed by atoms with Crippen molar-refractivity contribution in [1.29, 1.82) is 0 Å². The molecule has 0 saturated heterocycles. The van der Waals surface area contributed by atoms with Crippen molar-refractivity contribution >= 4 is 5.57 Å². The molecule has 0 radical (unpaired) electrons. The lowest BCUT2D eigenvalue weighted by Crippen LogP contribution is -2.17. The van der Waals surface area contributed by atoms with E-state index >= 15 is 0 Å². The second kappa shape index (κ2) is 4.74. The Morgan fingerprint density at radius 1 is 1.22 bits per heavy atom. The summed E-state index contributed by atoms with van der Waals surface area (Å²) in [7, 11) is 0. The number of hydrogen-bond donors (Lipinski definition) is 1. The Labute approximate surface area is 110 Å². The summed E-state index contributed by atoms with van der Waals surface area (Å²) in [5, 5.41) is 9.83. The fourth-order valence-corrected chi connectivity index (χ4v) is 2.64. The molecule has 2 atom stereocenters. The van der Waals surface area contributed by atoms with Crippen LogP contribution in [0, 0.1) is 5.92 Å². The molecule has 0 heterocycles. The van der Waals surface area contributed by atoms with Crippen molar-refractivity contribution in [3.8, 4) is 0 Å². The van der Waals surface area contributed by atoms with E-state index in [0.29, 0.717) is 11.8 Å². The Morgan fingerprint density at radius 2 is 1.89 bits per heavy atom. The first-order chi connectivity index (χ1) is 8.38. The van der Waals surface area contributed by atoms with Crippen LogP contribution in [0.25, 0.3) is 5.57 Å². The third kappa shape index (κ3) is 2.73. The average Bonchev–Trinajstić information content (AvgIpc) is 2.27. The molecule has 1 nitrogen and oxygen atoms in total. The van der Waals surface area contributed by atoms with E-state index in [4.69, 9.17) is 0 Å². The predicted octanol–water partition coefficient (Wildman–Crippen LogP) is 4.15. The van der Waals surface area contributed by atoms with Gasteiger partial charge >= 0.3 is 0 Å². The molecule has 1 aliphatic rings. The fraction of sp³-hybridized carbons (Fsp3) is 0.412. The zero-order valence-electron chi connectivity index (χ0n) is 11.6. The molecular formula is C17H22O. The zero-order chi connectivity index (χ0) is 13.3. The molecule has 0 spiro atoms. The van der Waals surface area contributed by atoms with Crippen LogP contribution in [-0.4, -0.2) is 10.7 Å². The van der Waals surface area contributed by atoms with Crippen molar-refractivity contribution in [3.05, 3.63) is 53.6 Å². The Bertz CT molecular complexity index is 489. The molecule has 0 aliphatic heterocycles. The number of benzene rings is 1. The summed E-state index contributed by atoms with van der Waals surface area (Å²) >= 11 is 0. The molecular weight excluding hydrogens is 220 g/mol. The number of rotatable bonds is 2. The zero-order valence-corrected chi connectivity index (χ0v) is 11.6. The van der Waals surface area contributed by atoms with Crippen LogP contribution in [0.5, 0.6) is 0 Å². The molecule has 0 fully saturated rings. The standard InChI is InChI=1S/C17H22O/c1-12-11-13(2)15(9-10-17(3,4)18)16-8-6-5-7-14(12)16/h5-11,13,15,18H,1-4H3/b10-9-/t13?,15-/m0/s1. The van der Waals surface area contributed by atoms with Crippen molar-refractivity contribution < 1.29 is 5.11 Å². The molecule has 0 bridgehead atoms. The van der Waals surface area contributed by atoms with Crippen molar-refractivity contribution in [2.75, 3.05) is 0 Å². The van der Waals surface area contributed by atoms with Gasteiger partial charge in [-0.15, -0.1) is 0 Å². The molecule has 1 unspecified atom stereocenters. The van der Waals surface area contributed by atoms with E-state index in [-0.39, 0.29) is 0 Å². The maximum absolute atomic E-state index is 9.83. The topological polar surface area (TPSA) is 20.2 Å². The minimum atomic E-state index is -0.745. The lowest BCUT2D eigenvalue weighted by Gasteiger charge is -2.28. The Balaban J connectivity index is 2.41. The molecule has 2 rings (SSSR count). The van der Waals surface area contributed by atoms with E-state index in [1.165, 1.54) is 16.7 Å². The number of aliphatic hydroxyl groups is 1. The monoisotopic (exact) mass is 242 g/mol. The van der Waals surface area contributed by atoms with Crippen LogP contribution in [0.2, 0.25) is 0 Å². The average molecular weight is 242 g/mol. The molecule has 1 N–H and O–H groups in total. The highest BCUT2D eigenvalue weighted by Crippen LogP contribution is 2.38. The van der Waals surface area contributed by atoms with Crippen LogP contribution >= 0.6 is 0 Å². The Hall–Kier alpha value is -1.34. The minimum Gasteiger partial charge on any atom is -0.386 e. The summed E-state index contributed by atoms with van der Waals surface area (Å²) in [6, 6.07) is 8.55. The maximum Gasteiger partial charge on any atom is 0.0771 e. The van der Waals surface area contributed by atoms with E-state index in [9.17, 15) is 5.11 Å². The second-order valence-corrected chi connectivity index (χ2v) is 5.83. The summed E-state index contributed by atoms with van der Waals surface area (Å²) in [6.45, 7) is 8.03. The van der Waals surface area contributed by atoms with Crippen LogP contribution in [0.15, 0.2) is 42.5 Å². The van der Waals surface area contributed by atoms with Crippen molar-refractivity contribution in [3.63, 3.8) is 0 Å². The van der Waals surface area contributed by atoms with Gasteiger partial charge in [0.2, 0.25) is 0 Å². The van der Waals surface area contributed by atoms with Crippen LogP contribution < -0.4 is 0 Å². The molecule has 1 aliphatic carbocycles. The van der Waals surface area contributed by atoms with Gasteiger partial charge in [-0.3, -0.25) is 0 Å². The predicted molar refractivity (Wildman–Crippen MR) is 77.4 cm³/mol. The molecule has 0 saturated carbocycles. The van der Waals surface area contributed by atoms with Gasteiger partial charge in [0.25, 0.3) is 0 Å². The van der Waals surface area contributed by atoms with Gasteiger partial charge < -0.3 is 5.11 Å². The Morgan fingerprint density at radius 3 is 2.56 bits per heavy atom. The van der Waals surface area contributed by atoms with E-state index < -0.39 is 5.60 Å². The van der Waals surface area contributed by atoms with Crippen LogP contribution in [-0.2, 0) is 0 Å². The van der Waals surface area contributed by atoms with Crippen molar-refractivity contribution in [2.45, 2.75) is 39.2 Å². The van der Waals surface area contributed by atoms with Gasteiger partial charge in [0, 0.05) is 5.92 Å². The molecule has 1 aromatic carbocycles. The lowest BCUT2D eigenvalue weighted by molar-refractivity contribution is 0.132. The molecule has 1 heteroatoms. The quantitative estimate of drug-likeness (QED) is 0.772. The van der Waals surface area contributed by atoms with Crippen LogP contribution in [0.4, 0.5) is 0 Å². The highest BCUT2D eigenvalue weighted by molar-refractivity contribution is 5.70. The summed E-state index contributed by atoms with van der Waals surface area (Å²) in [6.07, 6.45) is 6.37. The van der Waals surface area contributed by atoms with Gasteiger partial charge in [-0.25, -0.2) is 0 Å². The van der Waals surface area contributed by atoms with E-state index in [0.717, 1.165) is 0 Å². The van der Waals surface area contributed by atoms with Gasteiger partial charge in [0.15, 0.2) is 0 Å². The molecule has 0 amide bonds.